The van der Waals surface area contributed by atoms with Crippen molar-refractivity contribution < 1.29 is 14.3 Å². The number of H-pyrrole nitrogens is 1. The Labute approximate surface area is 215 Å². The summed E-state index contributed by atoms with van der Waals surface area (Å²) in [5, 5.41) is 0.335. The lowest BCUT2D eigenvalue weighted by atomic mass is 10.1. The summed E-state index contributed by atoms with van der Waals surface area (Å²) in [5.74, 6) is -0.387. The molecule has 1 aromatic heterocycles. The number of rotatable bonds is 8. The van der Waals surface area contributed by atoms with Crippen molar-refractivity contribution in [2.45, 2.75) is 52.1 Å². The Kier molecular flexibility index (Phi) is 8.11. The molecule has 196 valence electrons. The van der Waals surface area contributed by atoms with Gasteiger partial charge in [-0.15, -0.1) is 0 Å². The maximum Gasteiger partial charge on any atom is 0.337 e. The van der Waals surface area contributed by atoms with E-state index in [1.54, 1.807) is 0 Å². The summed E-state index contributed by atoms with van der Waals surface area (Å²) in [6.07, 6.45) is 2.50. The molecular formula is C28H34N4O5. The van der Waals surface area contributed by atoms with E-state index in [0.29, 0.717) is 43.3 Å². The molecule has 1 amide bonds. The Morgan fingerprint density at radius 2 is 1.86 bits per heavy atom. The maximum atomic E-state index is 12.8. The van der Waals surface area contributed by atoms with Crippen LogP contribution in [0.25, 0.3) is 10.9 Å². The van der Waals surface area contributed by atoms with E-state index in [1.807, 2.05) is 4.90 Å². The van der Waals surface area contributed by atoms with Crippen molar-refractivity contribution in [2.75, 3.05) is 31.6 Å². The molecule has 2 aromatic carbocycles. The van der Waals surface area contributed by atoms with E-state index in [9.17, 15) is 19.2 Å². The highest BCUT2D eigenvalue weighted by molar-refractivity contribution is 5.93. The fraction of sp³-hybridized carbons (Fsp3) is 0.429. The summed E-state index contributed by atoms with van der Waals surface area (Å²) in [6, 6.07) is 13.2. The molecule has 0 aliphatic carbocycles. The van der Waals surface area contributed by atoms with Gasteiger partial charge in [-0.25, -0.2) is 9.59 Å². The summed E-state index contributed by atoms with van der Waals surface area (Å²) < 4.78 is 5.86. The van der Waals surface area contributed by atoms with Crippen LogP contribution in [0.2, 0.25) is 0 Å². The van der Waals surface area contributed by atoms with Crippen LogP contribution in [0.3, 0.4) is 0 Å². The number of amides is 1. The zero-order valence-corrected chi connectivity index (χ0v) is 21.7. The zero-order valence-electron chi connectivity index (χ0n) is 21.7. The Morgan fingerprint density at radius 3 is 2.59 bits per heavy atom. The summed E-state index contributed by atoms with van der Waals surface area (Å²) in [7, 11) is 1.27. The fourth-order valence-corrected chi connectivity index (χ4v) is 4.96. The molecule has 0 bridgehead atoms. The second-order valence-electron chi connectivity index (χ2n) is 9.67. The zero-order chi connectivity index (χ0) is 26.5. The number of fused-ring (bicyclic) bond motifs is 1. The molecule has 2 heterocycles. The number of carbonyl (C=O) groups excluding carboxylic acids is 2. The SMILES string of the molecule is COC(=O)c1ccc2c(=O)n(CCCCCC(=O)N3CCN(c4cccc(C)c4)[C@H](C)C3)c(=O)[nH]c2c1. The first-order valence-corrected chi connectivity index (χ1v) is 12.7. The van der Waals surface area contributed by atoms with Gasteiger partial charge in [0.2, 0.25) is 5.91 Å². The Morgan fingerprint density at radius 1 is 1.05 bits per heavy atom. The monoisotopic (exact) mass is 506 g/mol. The largest absolute Gasteiger partial charge is 0.465 e. The van der Waals surface area contributed by atoms with E-state index in [4.69, 9.17) is 0 Å². The predicted molar refractivity (Wildman–Crippen MR) is 143 cm³/mol. The number of esters is 1. The lowest BCUT2D eigenvalue weighted by Crippen LogP contribution is -2.53. The minimum Gasteiger partial charge on any atom is -0.465 e. The number of methoxy groups -OCH3 is 1. The number of nitrogens with one attached hydrogen (secondary N) is 1. The molecule has 1 aliphatic heterocycles. The van der Waals surface area contributed by atoms with E-state index in [2.05, 4.69) is 52.7 Å². The minimum absolute atomic E-state index is 0.151. The molecule has 4 rings (SSSR count). The van der Waals surface area contributed by atoms with E-state index < -0.39 is 17.2 Å². The number of piperazine rings is 1. The van der Waals surface area contributed by atoms with Crippen LogP contribution in [-0.4, -0.2) is 59.1 Å². The van der Waals surface area contributed by atoms with Gasteiger partial charge in [-0.05, 0) is 62.6 Å². The van der Waals surface area contributed by atoms with Crippen molar-refractivity contribution in [1.29, 1.82) is 0 Å². The average molecular weight is 507 g/mol. The number of anilines is 1. The highest BCUT2D eigenvalue weighted by atomic mass is 16.5. The van der Waals surface area contributed by atoms with Crippen LogP contribution in [0.4, 0.5) is 5.69 Å². The van der Waals surface area contributed by atoms with Gasteiger partial charge in [-0.3, -0.25) is 14.2 Å². The molecule has 1 saturated heterocycles. The number of aromatic amines is 1. The molecule has 3 aromatic rings. The van der Waals surface area contributed by atoms with Crippen molar-refractivity contribution in [2.24, 2.45) is 0 Å². The van der Waals surface area contributed by atoms with Crippen LogP contribution in [-0.2, 0) is 16.1 Å². The Balaban J connectivity index is 1.27. The van der Waals surface area contributed by atoms with Crippen molar-refractivity contribution >= 4 is 28.5 Å². The third kappa shape index (κ3) is 5.93. The maximum absolute atomic E-state index is 12.8. The third-order valence-electron chi connectivity index (χ3n) is 6.99. The first-order chi connectivity index (χ1) is 17.8. The first kappa shape index (κ1) is 26.2. The highest BCUT2D eigenvalue weighted by Gasteiger charge is 2.26. The Bertz CT molecular complexity index is 1410. The van der Waals surface area contributed by atoms with Gasteiger partial charge >= 0.3 is 11.7 Å². The number of hydrogen-bond acceptors (Lipinski definition) is 6. The van der Waals surface area contributed by atoms with Gasteiger partial charge in [0.1, 0.15) is 0 Å². The quantitative estimate of drug-likeness (QED) is 0.372. The van der Waals surface area contributed by atoms with E-state index in [0.717, 1.165) is 13.0 Å². The molecule has 0 unspecified atom stereocenters. The lowest BCUT2D eigenvalue weighted by molar-refractivity contribution is -0.132. The molecular weight excluding hydrogens is 472 g/mol. The summed E-state index contributed by atoms with van der Waals surface area (Å²) in [6.45, 7) is 6.72. The standard InChI is InChI=1S/C28H34N4O5/c1-19-8-7-9-22(16-19)31-15-14-30(18-20(31)2)25(33)10-5-4-6-13-32-26(34)23-12-11-21(27(35)37-3)17-24(23)29-28(32)36/h7-9,11-12,16-17,20H,4-6,10,13-15,18H2,1-3H3,(H,29,36)/t20-/m1/s1. The molecule has 37 heavy (non-hydrogen) atoms. The number of benzene rings is 2. The smallest absolute Gasteiger partial charge is 0.337 e. The molecule has 1 N–H and O–H groups in total. The number of unbranched alkanes of at least 4 members (excludes halogenated alkanes) is 2. The average Bonchev–Trinajstić information content (AvgIpc) is 2.89. The van der Waals surface area contributed by atoms with Gasteiger partial charge in [0.25, 0.3) is 5.56 Å². The van der Waals surface area contributed by atoms with Gasteiger partial charge in [0.05, 0.1) is 23.6 Å². The molecule has 9 heteroatoms. The second kappa shape index (κ2) is 11.5. The number of aromatic nitrogens is 2. The van der Waals surface area contributed by atoms with Crippen molar-refractivity contribution in [1.82, 2.24) is 14.5 Å². The highest BCUT2D eigenvalue weighted by Crippen LogP contribution is 2.22. The minimum atomic E-state index is -0.538. The molecule has 1 fully saturated rings. The van der Waals surface area contributed by atoms with Gasteiger partial charge in [-0.2, -0.15) is 0 Å². The van der Waals surface area contributed by atoms with Gasteiger partial charge < -0.3 is 19.5 Å². The molecule has 1 aliphatic rings. The van der Waals surface area contributed by atoms with Crippen LogP contribution < -0.4 is 16.1 Å². The van der Waals surface area contributed by atoms with Crippen molar-refractivity contribution in [3.63, 3.8) is 0 Å². The number of ether oxygens (including phenoxy) is 1. The first-order valence-electron chi connectivity index (χ1n) is 12.7. The second-order valence-corrected chi connectivity index (χ2v) is 9.67. The topological polar surface area (TPSA) is 105 Å². The van der Waals surface area contributed by atoms with Gasteiger partial charge in [-0.1, -0.05) is 18.6 Å². The normalized spacial score (nSPS) is 15.7. The third-order valence-corrected chi connectivity index (χ3v) is 6.99. The molecule has 1 atom stereocenters. The lowest BCUT2D eigenvalue weighted by Gasteiger charge is -2.41. The fourth-order valence-electron chi connectivity index (χ4n) is 4.96. The number of aryl methyl sites for hydroxylation is 1. The van der Waals surface area contributed by atoms with Crippen LogP contribution >= 0.6 is 0 Å². The summed E-state index contributed by atoms with van der Waals surface area (Å²) in [4.78, 5) is 56.8. The van der Waals surface area contributed by atoms with E-state index in [-0.39, 0.29) is 24.1 Å². The Hall–Kier alpha value is -3.88. The molecule has 9 nitrogen and oxygen atoms in total. The van der Waals surface area contributed by atoms with Crippen LogP contribution in [0.15, 0.2) is 52.1 Å². The molecule has 0 saturated carbocycles. The van der Waals surface area contributed by atoms with Gasteiger partial charge in [0, 0.05) is 44.3 Å². The van der Waals surface area contributed by atoms with Crippen molar-refractivity contribution in [3.8, 4) is 0 Å². The predicted octanol–water partition coefficient (Wildman–Crippen LogP) is 3.08. The molecule has 0 spiro atoms. The van der Waals surface area contributed by atoms with E-state index in [1.165, 1.54) is 41.1 Å². The van der Waals surface area contributed by atoms with Crippen LogP contribution in [0.1, 0.15) is 48.5 Å². The summed E-state index contributed by atoms with van der Waals surface area (Å²) >= 11 is 0. The number of nitrogens with zero attached hydrogens (tertiary/aromatic N) is 3. The molecule has 0 radical (unpaired) electrons. The van der Waals surface area contributed by atoms with Crippen molar-refractivity contribution in [3.05, 3.63) is 74.4 Å². The summed E-state index contributed by atoms with van der Waals surface area (Å²) in [5.41, 5.74) is 2.07. The number of carbonyl (C=O) groups is 2. The number of hydrogen-bond donors (Lipinski definition) is 1. The van der Waals surface area contributed by atoms with Gasteiger partial charge in [0.15, 0.2) is 0 Å². The van der Waals surface area contributed by atoms with Crippen LogP contribution in [0, 0.1) is 6.92 Å². The van der Waals surface area contributed by atoms with Crippen LogP contribution in [0.5, 0.6) is 0 Å². The van der Waals surface area contributed by atoms with E-state index >= 15 is 0 Å².